The van der Waals surface area contributed by atoms with Crippen LogP contribution in [0, 0.1) is 12.8 Å². The Morgan fingerprint density at radius 3 is 2.79 bits per heavy atom. The summed E-state index contributed by atoms with van der Waals surface area (Å²) < 4.78 is 5.39. The molecule has 2 aliphatic rings. The van der Waals surface area contributed by atoms with Crippen molar-refractivity contribution in [3.63, 3.8) is 0 Å². The van der Waals surface area contributed by atoms with E-state index >= 15 is 0 Å². The molecule has 1 unspecified atom stereocenters. The lowest BCUT2D eigenvalue weighted by Crippen LogP contribution is -2.45. The normalized spacial score (nSPS) is 20.8. The van der Waals surface area contributed by atoms with Gasteiger partial charge in [-0.25, -0.2) is 0 Å². The first-order valence-electron chi connectivity index (χ1n) is 9.91. The van der Waals surface area contributed by atoms with Gasteiger partial charge in [0.2, 0.25) is 0 Å². The average Bonchev–Trinajstić information content (AvgIpc) is 3.16. The molecule has 0 spiro atoms. The van der Waals surface area contributed by atoms with Gasteiger partial charge in [0.05, 0.1) is 13.2 Å². The van der Waals surface area contributed by atoms with Crippen molar-refractivity contribution in [2.75, 3.05) is 71.0 Å². The Bertz CT molecular complexity index is 639. The molecular weight excluding hydrogens is 489 g/mol. The SMILES string of the molecule is CN=C(NCCN1CCOCC1)NCC1CCN(c2cc(Cl)ccc2C)C1.I. The van der Waals surface area contributed by atoms with Crippen LogP contribution >= 0.6 is 35.6 Å². The Balaban J connectivity index is 0.00000280. The summed E-state index contributed by atoms with van der Waals surface area (Å²) in [6.45, 7) is 10.9. The van der Waals surface area contributed by atoms with Gasteiger partial charge in [-0.2, -0.15) is 0 Å². The third-order valence-electron chi connectivity index (χ3n) is 5.40. The van der Waals surface area contributed by atoms with E-state index in [1.165, 1.54) is 17.7 Å². The Labute approximate surface area is 191 Å². The largest absolute Gasteiger partial charge is 0.379 e. The molecule has 2 aliphatic heterocycles. The van der Waals surface area contributed by atoms with E-state index in [9.17, 15) is 0 Å². The molecule has 0 bridgehead atoms. The maximum Gasteiger partial charge on any atom is 0.191 e. The highest BCUT2D eigenvalue weighted by molar-refractivity contribution is 14.0. The van der Waals surface area contributed by atoms with Crippen LogP contribution in [0.4, 0.5) is 5.69 Å². The molecule has 1 atom stereocenters. The molecule has 0 aliphatic carbocycles. The zero-order chi connectivity index (χ0) is 19.1. The summed E-state index contributed by atoms with van der Waals surface area (Å²) in [7, 11) is 1.83. The summed E-state index contributed by atoms with van der Waals surface area (Å²) in [5.41, 5.74) is 2.55. The molecule has 0 saturated carbocycles. The molecule has 2 fully saturated rings. The fraction of sp³-hybridized carbons (Fsp3) is 0.650. The van der Waals surface area contributed by atoms with Crippen LogP contribution < -0.4 is 15.5 Å². The first-order chi connectivity index (χ1) is 13.2. The van der Waals surface area contributed by atoms with Crippen molar-refractivity contribution in [2.45, 2.75) is 13.3 Å². The number of benzene rings is 1. The van der Waals surface area contributed by atoms with E-state index in [-0.39, 0.29) is 24.0 Å². The summed E-state index contributed by atoms with van der Waals surface area (Å²) in [5, 5.41) is 7.72. The number of hydrogen-bond acceptors (Lipinski definition) is 4. The van der Waals surface area contributed by atoms with Gasteiger partial charge >= 0.3 is 0 Å². The van der Waals surface area contributed by atoms with E-state index in [1.54, 1.807) is 0 Å². The molecule has 3 rings (SSSR count). The summed E-state index contributed by atoms with van der Waals surface area (Å²) in [6, 6.07) is 6.14. The van der Waals surface area contributed by atoms with Gasteiger partial charge in [-0.1, -0.05) is 17.7 Å². The Hall–Kier alpha value is -0.770. The van der Waals surface area contributed by atoms with E-state index in [4.69, 9.17) is 16.3 Å². The summed E-state index contributed by atoms with van der Waals surface area (Å²) in [4.78, 5) is 9.22. The van der Waals surface area contributed by atoms with Crippen molar-refractivity contribution in [1.29, 1.82) is 0 Å². The quantitative estimate of drug-likeness (QED) is 0.342. The molecule has 1 aromatic rings. The minimum atomic E-state index is 0. The molecular formula is C20H33ClIN5O. The molecule has 28 heavy (non-hydrogen) atoms. The molecule has 0 aromatic heterocycles. The van der Waals surface area contributed by atoms with Crippen LogP contribution in [0.2, 0.25) is 5.02 Å². The predicted molar refractivity (Wildman–Crippen MR) is 129 cm³/mol. The van der Waals surface area contributed by atoms with E-state index < -0.39 is 0 Å². The summed E-state index contributed by atoms with van der Waals surface area (Å²) in [5.74, 6) is 1.50. The number of nitrogens with one attached hydrogen (secondary N) is 2. The third-order valence-corrected chi connectivity index (χ3v) is 5.64. The summed E-state index contributed by atoms with van der Waals surface area (Å²) in [6.07, 6.45) is 1.18. The van der Waals surface area contributed by atoms with E-state index in [2.05, 4.69) is 44.5 Å². The second-order valence-corrected chi connectivity index (χ2v) is 7.80. The highest BCUT2D eigenvalue weighted by Gasteiger charge is 2.24. The molecule has 158 valence electrons. The first-order valence-corrected chi connectivity index (χ1v) is 10.3. The molecule has 2 saturated heterocycles. The summed E-state index contributed by atoms with van der Waals surface area (Å²) >= 11 is 6.18. The third kappa shape index (κ3) is 6.93. The van der Waals surface area contributed by atoms with Crippen molar-refractivity contribution in [2.24, 2.45) is 10.9 Å². The van der Waals surface area contributed by atoms with Gasteiger partial charge in [0.15, 0.2) is 5.96 Å². The van der Waals surface area contributed by atoms with Gasteiger partial charge in [-0.05, 0) is 37.0 Å². The number of ether oxygens (including phenoxy) is 1. The molecule has 8 heteroatoms. The minimum absolute atomic E-state index is 0. The molecule has 1 aromatic carbocycles. The lowest BCUT2D eigenvalue weighted by molar-refractivity contribution is 0.0389. The topological polar surface area (TPSA) is 52.1 Å². The van der Waals surface area contributed by atoms with Crippen molar-refractivity contribution in [3.8, 4) is 0 Å². The van der Waals surface area contributed by atoms with Gasteiger partial charge in [0.1, 0.15) is 0 Å². The van der Waals surface area contributed by atoms with Gasteiger partial charge < -0.3 is 20.3 Å². The number of morpholine rings is 1. The minimum Gasteiger partial charge on any atom is -0.379 e. The highest BCUT2D eigenvalue weighted by Crippen LogP contribution is 2.29. The smallest absolute Gasteiger partial charge is 0.191 e. The van der Waals surface area contributed by atoms with Gasteiger partial charge in [0, 0.05) is 63.6 Å². The molecule has 0 radical (unpaired) electrons. The molecule has 2 N–H and O–H groups in total. The number of halogens is 2. The van der Waals surface area contributed by atoms with Crippen LogP contribution in [0.1, 0.15) is 12.0 Å². The van der Waals surface area contributed by atoms with Crippen LogP contribution in [0.3, 0.4) is 0 Å². The van der Waals surface area contributed by atoms with Crippen molar-refractivity contribution >= 4 is 47.2 Å². The number of rotatable bonds is 6. The van der Waals surface area contributed by atoms with Gasteiger partial charge in [-0.3, -0.25) is 9.89 Å². The molecule has 6 nitrogen and oxygen atoms in total. The predicted octanol–water partition coefficient (Wildman–Crippen LogP) is 2.59. The van der Waals surface area contributed by atoms with Crippen LogP contribution in [-0.4, -0.2) is 76.9 Å². The molecule has 0 amide bonds. The monoisotopic (exact) mass is 521 g/mol. The lowest BCUT2D eigenvalue weighted by Gasteiger charge is -2.27. The lowest BCUT2D eigenvalue weighted by atomic mass is 10.1. The number of nitrogens with zero attached hydrogens (tertiary/aromatic N) is 3. The van der Waals surface area contributed by atoms with Crippen LogP contribution in [-0.2, 0) is 4.74 Å². The van der Waals surface area contributed by atoms with Gasteiger partial charge in [-0.15, -0.1) is 24.0 Å². The number of anilines is 1. The Morgan fingerprint density at radius 1 is 1.25 bits per heavy atom. The van der Waals surface area contributed by atoms with E-state index in [1.807, 2.05) is 13.1 Å². The van der Waals surface area contributed by atoms with E-state index in [0.29, 0.717) is 5.92 Å². The zero-order valence-corrected chi connectivity index (χ0v) is 20.0. The zero-order valence-electron chi connectivity index (χ0n) is 16.9. The maximum absolute atomic E-state index is 6.18. The maximum atomic E-state index is 6.18. The fourth-order valence-electron chi connectivity index (χ4n) is 3.76. The van der Waals surface area contributed by atoms with Crippen molar-refractivity contribution < 1.29 is 4.74 Å². The number of guanidine groups is 1. The van der Waals surface area contributed by atoms with Gasteiger partial charge in [0.25, 0.3) is 0 Å². The second-order valence-electron chi connectivity index (χ2n) is 7.37. The van der Waals surface area contributed by atoms with Crippen molar-refractivity contribution in [1.82, 2.24) is 15.5 Å². The average molecular weight is 522 g/mol. The Kier molecular flexibility index (Phi) is 10.1. The van der Waals surface area contributed by atoms with Crippen LogP contribution in [0.25, 0.3) is 0 Å². The number of aliphatic imine (C=N–C) groups is 1. The number of hydrogen-bond donors (Lipinski definition) is 2. The first kappa shape index (κ1) is 23.5. The van der Waals surface area contributed by atoms with Crippen LogP contribution in [0.5, 0.6) is 0 Å². The second kappa shape index (κ2) is 12.0. The molecule has 2 heterocycles. The Morgan fingerprint density at radius 2 is 2.04 bits per heavy atom. The van der Waals surface area contributed by atoms with Crippen molar-refractivity contribution in [3.05, 3.63) is 28.8 Å². The van der Waals surface area contributed by atoms with Crippen LogP contribution in [0.15, 0.2) is 23.2 Å². The van der Waals surface area contributed by atoms with E-state index in [0.717, 1.165) is 70.0 Å². The fourth-order valence-corrected chi connectivity index (χ4v) is 3.93. The highest BCUT2D eigenvalue weighted by atomic mass is 127. The number of aryl methyl sites for hydroxylation is 1. The standard InChI is InChI=1S/C20H32ClN5O.HI/c1-16-3-4-18(21)13-19(16)26-7-5-17(15-26)14-24-20(22-2)23-6-8-25-9-11-27-12-10-25;/h3-4,13,17H,5-12,14-15H2,1-2H3,(H2,22,23,24);1H.